The van der Waals surface area contributed by atoms with Crippen LogP contribution in [0.1, 0.15) is 174 Å². The number of hydrogen-bond donors (Lipinski definition) is 0. The maximum atomic E-state index is 12.7. The number of likely N-dealkylation sites (N-methyl/N-ethyl adjacent to an activating group) is 1. The van der Waals surface area contributed by atoms with E-state index in [-0.39, 0.29) is 42.7 Å². The molecule has 0 aliphatic carbocycles. The molecule has 0 bridgehead atoms. The number of carbonyl (C=O) groups is 3. The summed E-state index contributed by atoms with van der Waals surface area (Å²) in [6.07, 6.45) is 46.7. The Morgan fingerprint density at radius 1 is 0.554 bits per heavy atom. The number of unbranched alkanes of at least 4 members (excludes halogenated alkanes) is 15. The number of carboxylic acid groups (broad SMARTS) is 1. The quantitative estimate of drug-likeness (QED) is 0.0265. The van der Waals surface area contributed by atoms with Crippen molar-refractivity contribution in [3.8, 4) is 0 Å². The molecule has 0 aromatic rings. The molecule has 0 saturated heterocycles. The summed E-state index contributed by atoms with van der Waals surface area (Å²) in [7, 11) is 5.39. The van der Waals surface area contributed by atoms with Crippen LogP contribution in [-0.4, -0.2) is 75.5 Å². The highest BCUT2D eigenvalue weighted by molar-refractivity contribution is 5.70. The van der Waals surface area contributed by atoms with Crippen LogP contribution in [-0.2, 0) is 28.6 Å². The van der Waals surface area contributed by atoms with Crippen LogP contribution in [0, 0.1) is 0 Å². The van der Waals surface area contributed by atoms with E-state index in [1.807, 2.05) is 0 Å². The fourth-order valence-corrected chi connectivity index (χ4v) is 6.17. The number of carboxylic acids is 1. The van der Waals surface area contributed by atoms with E-state index in [2.05, 4.69) is 74.6 Å². The number of esters is 2. The van der Waals surface area contributed by atoms with Gasteiger partial charge in [0.15, 0.2) is 6.10 Å². The highest BCUT2D eigenvalue weighted by atomic mass is 16.6. The van der Waals surface area contributed by atoms with Crippen molar-refractivity contribution in [2.75, 3.05) is 41.0 Å². The van der Waals surface area contributed by atoms with Gasteiger partial charge in [-0.3, -0.25) is 9.59 Å². The molecule has 0 N–H and O–H groups in total. The van der Waals surface area contributed by atoms with Gasteiger partial charge in [0.1, 0.15) is 12.6 Å². The van der Waals surface area contributed by atoms with E-state index in [1.165, 1.54) is 51.4 Å². The minimum atomic E-state index is -1.13. The molecule has 0 aromatic heterocycles. The van der Waals surface area contributed by atoms with Crippen molar-refractivity contribution < 1.29 is 38.2 Å². The van der Waals surface area contributed by atoms with Gasteiger partial charge in [-0.2, -0.15) is 0 Å². The third-order valence-corrected chi connectivity index (χ3v) is 9.64. The van der Waals surface area contributed by atoms with Crippen LogP contribution in [0.5, 0.6) is 0 Å². The monoisotopic (exact) mass is 786 g/mol. The molecule has 322 valence electrons. The molecule has 2 atom stereocenters. The maximum Gasteiger partial charge on any atom is 0.306 e. The molecular formula is C48H83NO7. The summed E-state index contributed by atoms with van der Waals surface area (Å²) in [5, 5.41) is 11.6. The summed E-state index contributed by atoms with van der Waals surface area (Å²) in [6, 6.07) is -0.730. The Labute approximate surface area is 343 Å². The molecule has 56 heavy (non-hydrogen) atoms. The van der Waals surface area contributed by atoms with E-state index in [9.17, 15) is 19.5 Å². The van der Waals surface area contributed by atoms with Crippen molar-refractivity contribution in [1.29, 1.82) is 0 Å². The predicted octanol–water partition coefficient (Wildman–Crippen LogP) is 10.9. The third-order valence-electron chi connectivity index (χ3n) is 9.64. The second kappa shape index (κ2) is 38.9. The van der Waals surface area contributed by atoms with Crippen LogP contribution >= 0.6 is 0 Å². The fourth-order valence-electron chi connectivity index (χ4n) is 6.17. The standard InChI is InChI=1S/C48H83NO7/c1-6-8-10-12-14-16-18-20-21-22-23-24-25-26-27-29-31-33-35-37-39-47(51)56-44(42-54-41-40-45(48(52)53)49(3,4)5)43-55-46(50)38-36-34-32-30-28-19-17-15-13-11-9-7-2/h8,10,14-17,20-21,23-24,44-45H,6-7,9,11-13,18-19,22,25-43H2,1-5H3/b10-8+,16-14+,17-15+,21-20+,24-23+. The maximum absolute atomic E-state index is 12.7. The summed E-state index contributed by atoms with van der Waals surface area (Å²) in [4.78, 5) is 36.8. The fraction of sp³-hybridized carbons (Fsp3) is 0.729. The lowest BCUT2D eigenvalue weighted by Crippen LogP contribution is -2.55. The topological polar surface area (TPSA) is 102 Å². The Hall–Kier alpha value is -2.97. The first-order valence-electron chi connectivity index (χ1n) is 22.3. The highest BCUT2D eigenvalue weighted by Crippen LogP contribution is 2.13. The summed E-state index contributed by atoms with van der Waals surface area (Å²) in [6.45, 7) is 4.49. The van der Waals surface area contributed by atoms with Crippen molar-refractivity contribution >= 4 is 17.9 Å². The Morgan fingerprint density at radius 2 is 1.00 bits per heavy atom. The van der Waals surface area contributed by atoms with Crippen LogP contribution in [0.4, 0.5) is 0 Å². The SMILES string of the molecule is CC/C=C/C/C=C/C/C=C/C/C=C/CCCCCCCCCC(=O)OC(COCCC(C(=O)[O-])[N+](C)(C)C)COC(=O)CCCCCCC/C=C/CCCCC. The van der Waals surface area contributed by atoms with Crippen LogP contribution < -0.4 is 5.11 Å². The van der Waals surface area contributed by atoms with Crippen molar-refractivity contribution in [3.63, 3.8) is 0 Å². The van der Waals surface area contributed by atoms with E-state index in [0.717, 1.165) is 89.9 Å². The number of aliphatic carboxylic acids is 1. The molecule has 0 aromatic carbocycles. The lowest BCUT2D eigenvalue weighted by molar-refractivity contribution is -0.889. The van der Waals surface area contributed by atoms with Crippen molar-refractivity contribution in [2.24, 2.45) is 0 Å². The van der Waals surface area contributed by atoms with E-state index in [0.29, 0.717) is 12.8 Å². The smallest absolute Gasteiger partial charge is 0.306 e. The minimum absolute atomic E-state index is 0.0316. The lowest BCUT2D eigenvalue weighted by Gasteiger charge is -2.34. The van der Waals surface area contributed by atoms with Gasteiger partial charge in [-0.15, -0.1) is 0 Å². The normalized spacial score (nSPS) is 13.5. The van der Waals surface area contributed by atoms with Crippen LogP contribution in [0.25, 0.3) is 0 Å². The van der Waals surface area contributed by atoms with Crippen LogP contribution in [0.2, 0.25) is 0 Å². The molecule has 0 radical (unpaired) electrons. The van der Waals surface area contributed by atoms with E-state index in [1.54, 1.807) is 21.1 Å². The van der Waals surface area contributed by atoms with Crippen LogP contribution in [0.15, 0.2) is 60.8 Å². The molecule has 8 nitrogen and oxygen atoms in total. The number of nitrogens with zero attached hydrogens (tertiary/aromatic N) is 1. The van der Waals surface area contributed by atoms with Gasteiger partial charge in [0.2, 0.25) is 0 Å². The molecule has 0 rings (SSSR count). The second-order valence-corrected chi connectivity index (χ2v) is 15.9. The average molecular weight is 786 g/mol. The summed E-state index contributed by atoms with van der Waals surface area (Å²) >= 11 is 0. The minimum Gasteiger partial charge on any atom is -0.544 e. The molecule has 0 fully saturated rings. The molecule has 0 amide bonds. The Kier molecular flexibility index (Phi) is 36.8. The largest absolute Gasteiger partial charge is 0.544 e. The summed E-state index contributed by atoms with van der Waals surface area (Å²) in [5.41, 5.74) is 0. The lowest BCUT2D eigenvalue weighted by atomic mass is 10.1. The summed E-state index contributed by atoms with van der Waals surface area (Å²) in [5.74, 6) is -1.77. The van der Waals surface area contributed by atoms with E-state index in [4.69, 9.17) is 14.2 Å². The first kappa shape index (κ1) is 53.0. The molecular weight excluding hydrogens is 703 g/mol. The number of rotatable bonds is 39. The van der Waals surface area contributed by atoms with Gasteiger partial charge in [0.05, 0.1) is 40.3 Å². The van der Waals surface area contributed by atoms with Gasteiger partial charge in [-0.25, -0.2) is 0 Å². The van der Waals surface area contributed by atoms with E-state index < -0.39 is 18.1 Å². The third kappa shape index (κ3) is 36.7. The first-order valence-corrected chi connectivity index (χ1v) is 22.3. The molecule has 2 unspecified atom stereocenters. The first-order chi connectivity index (χ1) is 27.1. The number of allylic oxidation sites excluding steroid dienone is 10. The average Bonchev–Trinajstić information content (AvgIpc) is 3.15. The number of quaternary nitrogens is 1. The second-order valence-electron chi connectivity index (χ2n) is 15.9. The number of carbonyl (C=O) groups excluding carboxylic acids is 3. The van der Waals surface area contributed by atoms with Gasteiger partial charge in [-0.1, -0.05) is 139 Å². The Bertz CT molecular complexity index is 1100. The molecule has 8 heteroatoms. The number of hydrogen-bond acceptors (Lipinski definition) is 7. The summed E-state index contributed by atoms with van der Waals surface area (Å²) < 4.78 is 17.1. The zero-order valence-electron chi connectivity index (χ0n) is 36.5. The van der Waals surface area contributed by atoms with Crippen LogP contribution in [0.3, 0.4) is 0 Å². The van der Waals surface area contributed by atoms with Crippen molar-refractivity contribution in [1.82, 2.24) is 0 Å². The van der Waals surface area contributed by atoms with Gasteiger partial charge in [0, 0.05) is 19.3 Å². The van der Waals surface area contributed by atoms with E-state index >= 15 is 0 Å². The molecule has 0 spiro atoms. The van der Waals surface area contributed by atoms with Gasteiger partial charge in [0.25, 0.3) is 0 Å². The zero-order chi connectivity index (χ0) is 41.4. The van der Waals surface area contributed by atoms with Crippen molar-refractivity contribution in [3.05, 3.63) is 60.8 Å². The Morgan fingerprint density at radius 3 is 1.50 bits per heavy atom. The number of ether oxygens (including phenoxy) is 3. The zero-order valence-corrected chi connectivity index (χ0v) is 36.5. The molecule has 0 aliphatic rings. The molecule has 0 heterocycles. The molecule has 0 saturated carbocycles. The Balaban J connectivity index is 4.35. The van der Waals surface area contributed by atoms with Gasteiger partial charge >= 0.3 is 11.9 Å². The van der Waals surface area contributed by atoms with Crippen molar-refractivity contribution in [2.45, 2.75) is 187 Å². The predicted molar refractivity (Wildman–Crippen MR) is 231 cm³/mol. The van der Waals surface area contributed by atoms with Gasteiger partial charge < -0.3 is 28.6 Å². The highest BCUT2D eigenvalue weighted by Gasteiger charge is 2.25. The van der Waals surface area contributed by atoms with Gasteiger partial charge in [-0.05, 0) is 77.0 Å². The molecule has 0 aliphatic heterocycles.